The monoisotopic (exact) mass is 440 g/mol. The van der Waals surface area contributed by atoms with Crippen LogP contribution in [0.15, 0.2) is 89.5 Å². The highest BCUT2D eigenvalue weighted by Crippen LogP contribution is 2.32. The van der Waals surface area contributed by atoms with Gasteiger partial charge in [0, 0.05) is 5.56 Å². The second-order valence-electron chi connectivity index (χ2n) is 7.67. The van der Waals surface area contributed by atoms with Crippen LogP contribution < -0.4 is 14.5 Å². The van der Waals surface area contributed by atoms with Gasteiger partial charge in [0.2, 0.25) is 0 Å². The van der Waals surface area contributed by atoms with Crippen molar-refractivity contribution in [3.05, 3.63) is 95.6 Å². The summed E-state index contributed by atoms with van der Waals surface area (Å²) in [7, 11) is 0. The minimum atomic E-state index is -0.165. The third-order valence-corrected chi connectivity index (χ3v) is 5.26. The van der Waals surface area contributed by atoms with Crippen LogP contribution in [0.1, 0.15) is 37.8 Å². The first-order valence-corrected chi connectivity index (χ1v) is 11.4. The molecule has 0 spiro atoms. The molecular formula is C28H28N2O3. The molecule has 0 unspecified atom stereocenters. The standard InChI is InChI=1S/C28H28N2O3/c1-3-5-18-33-25-17-16-21(20-26(25)32-4-2)19-24-27(22-12-8-6-9-13-22)29-30(28(24)31)23-14-10-7-11-15-23/h6-17,19-20H,3-5,18H2,1-2H3. The van der Waals surface area contributed by atoms with E-state index < -0.39 is 0 Å². The Kier molecular flexibility index (Phi) is 7.20. The average Bonchev–Trinajstić information content (AvgIpc) is 3.18. The van der Waals surface area contributed by atoms with Gasteiger partial charge in [-0.15, -0.1) is 0 Å². The molecule has 0 radical (unpaired) electrons. The summed E-state index contributed by atoms with van der Waals surface area (Å²) in [5.74, 6) is 1.22. The fraction of sp³-hybridized carbons (Fsp3) is 0.214. The zero-order chi connectivity index (χ0) is 23.0. The van der Waals surface area contributed by atoms with E-state index in [0.717, 1.165) is 29.7 Å². The summed E-state index contributed by atoms with van der Waals surface area (Å²) < 4.78 is 11.7. The van der Waals surface area contributed by atoms with Crippen LogP contribution in [-0.2, 0) is 4.79 Å². The number of hydrogen-bond donors (Lipinski definition) is 0. The molecule has 0 N–H and O–H groups in total. The molecule has 0 saturated heterocycles. The molecule has 1 aliphatic heterocycles. The highest BCUT2D eigenvalue weighted by molar-refractivity contribution is 6.37. The molecule has 4 rings (SSSR count). The smallest absolute Gasteiger partial charge is 0.281 e. The number of benzene rings is 3. The van der Waals surface area contributed by atoms with Crippen LogP contribution in [0.3, 0.4) is 0 Å². The van der Waals surface area contributed by atoms with Crippen molar-refractivity contribution in [3.8, 4) is 11.5 Å². The van der Waals surface area contributed by atoms with Crippen LogP contribution in [0, 0.1) is 0 Å². The van der Waals surface area contributed by atoms with Crippen LogP contribution in [0.25, 0.3) is 6.08 Å². The summed E-state index contributed by atoms with van der Waals surface area (Å²) in [6.07, 6.45) is 3.92. The molecule has 3 aromatic rings. The van der Waals surface area contributed by atoms with Crippen molar-refractivity contribution < 1.29 is 14.3 Å². The SMILES string of the molecule is CCCCOc1ccc(C=C2C(=O)N(c3ccccc3)N=C2c2ccccc2)cc1OCC. The molecule has 168 valence electrons. The van der Waals surface area contributed by atoms with Gasteiger partial charge in [-0.25, -0.2) is 0 Å². The van der Waals surface area contributed by atoms with Gasteiger partial charge in [0.25, 0.3) is 5.91 Å². The number of carbonyl (C=O) groups is 1. The number of anilines is 1. The Labute approximate surface area is 195 Å². The summed E-state index contributed by atoms with van der Waals surface area (Å²) in [6.45, 7) is 5.25. The van der Waals surface area contributed by atoms with Crippen molar-refractivity contribution in [2.24, 2.45) is 5.10 Å². The molecule has 33 heavy (non-hydrogen) atoms. The van der Waals surface area contributed by atoms with E-state index in [-0.39, 0.29) is 5.91 Å². The Balaban J connectivity index is 1.72. The minimum absolute atomic E-state index is 0.165. The molecule has 0 saturated carbocycles. The molecule has 1 aliphatic rings. The van der Waals surface area contributed by atoms with Gasteiger partial charge in [-0.1, -0.05) is 67.9 Å². The summed E-state index contributed by atoms with van der Waals surface area (Å²) in [5, 5.41) is 6.15. The first-order valence-electron chi connectivity index (χ1n) is 11.4. The van der Waals surface area contributed by atoms with E-state index in [9.17, 15) is 4.79 Å². The lowest BCUT2D eigenvalue weighted by atomic mass is 10.00. The fourth-order valence-corrected chi connectivity index (χ4v) is 3.59. The molecule has 1 heterocycles. The van der Waals surface area contributed by atoms with Gasteiger partial charge in [-0.2, -0.15) is 10.1 Å². The number of hydrazone groups is 1. The molecule has 0 aliphatic carbocycles. The number of ether oxygens (including phenoxy) is 2. The molecule has 3 aromatic carbocycles. The Morgan fingerprint density at radius 1 is 0.879 bits per heavy atom. The van der Waals surface area contributed by atoms with E-state index in [1.54, 1.807) is 0 Å². The average molecular weight is 441 g/mol. The van der Waals surface area contributed by atoms with Crippen molar-refractivity contribution in [2.75, 3.05) is 18.2 Å². The maximum atomic E-state index is 13.4. The lowest BCUT2D eigenvalue weighted by Gasteiger charge is -2.13. The van der Waals surface area contributed by atoms with Gasteiger partial charge in [0.1, 0.15) is 5.71 Å². The van der Waals surface area contributed by atoms with Crippen LogP contribution in [0.5, 0.6) is 11.5 Å². The van der Waals surface area contributed by atoms with Gasteiger partial charge >= 0.3 is 0 Å². The summed E-state index contributed by atoms with van der Waals surface area (Å²) >= 11 is 0. The van der Waals surface area contributed by atoms with Crippen molar-refractivity contribution in [1.82, 2.24) is 0 Å². The number of amides is 1. The molecule has 5 heteroatoms. The number of hydrogen-bond acceptors (Lipinski definition) is 4. The largest absolute Gasteiger partial charge is 0.490 e. The Hall–Kier alpha value is -3.86. The highest BCUT2D eigenvalue weighted by Gasteiger charge is 2.32. The van der Waals surface area contributed by atoms with E-state index >= 15 is 0 Å². The second-order valence-corrected chi connectivity index (χ2v) is 7.67. The topological polar surface area (TPSA) is 51.1 Å². The minimum Gasteiger partial charge on any atom is -0.490 e. The molecule has 0 atom stereocenters. The first-order chi connectivity index (χ1) is 16.2. The quantitative estimate of drug-likeness (QED) is 0.298. The van der Waals surface area contributed by atoms with E-state index in [4.69, 9.17) is 9.47 Å². The van der Waals surface area contributed by atoms with Gasteiger partial charge in [0.05, 0.1) is 24.5 Å². The van der Waals surface area contributed by atoms with Gasteiger partial charge < -0.3 is 9.47 Å². The number of unbranched alkanes of at least 4 members (excludes halogenated alkanes) is 1. The maximum absolute atomic E-state index is 13.4. The number of carbonyl (C=O) groups excluding carboxylic acids is 1. The first kappa shape index (κ1) is 22.3. The van der Waals surface area contributed by atoms with Gasteiger partial charge in [-0.3, -0.25) is 4.79 Å². The zero-order valence-electron chi connectivity index (χ0n) is 19.0. The van der Waals surface area contributed by atoms with Crippen molar-refractivity contribution in [3.63, 3.8) is 0 Å². The highest BCUT2D eigenvalue weighted by atomic mass is 16.5. The van der Waals surface area contributed by atoms with Crippen LogP contribution in [0.4, 0.5) is 5.69 Å². The Morgan fingerprint density at radius 3 is 2.30 bits per heavy atom. The number of rotatable bonds is 9. The third kappa shape index (κ3) is 5.14. The van der Waals surface area contributed by atoms with Crippen molar-refractivity contribution in [1.29, 1.82) is 0 Å². The van der Waals surface area contributed by atoms with E-state index in [2.05, 4.69) is 12.0 Å². The summed E-state index contributed by atoms with van der Waals surface area (Å²) in [6, 6.07) is 25.0. The predicted molar refractivity (Wildman–Crippen MR) is 133 cm³/mol. The van der Waals surface area contributed by atoms with Crippen LogP contribution in [-0.4, -0.2) is 24.8 Å². The maximum Gasteiger partial charge on any atom is 0.281 e. The molecule has 1 amide bonds. The lowest BCUT2D eigenvalue weighted by Crippen LogP contribution is -2.21. The second kappa shape index (κ2) is 10.6. The number of para-hydroxylation sites is 1. The number of nitrogens with zero attached hydrogens (tertiary/aromatic N) is 2. The summed E-state index contributed by atoms with van der Waals surface area (Å²) in [4.78, 5) is 13.4. The van der Waals surface area contributed by atoms with Crippen LogP contribution >= 0.6 is 0 Å². The summed E-state index contributed by atoms with van der Waals surface area (Å²) in [5.41, 5.74) is 3.65. The zero-order valence-corrected chi connectivity index (χ0v) is 19.0. The van der Waals surface area contributed by atoms with Crippen molar-refractivity contribution >= 4 is 23.4 Å². The third-order valence-electron chi connectivity index (χ3n) is 5.26. The van der Waals surface area contributed by atoms with Gasteiger partial charge in [0.15, 0.2) is 11.5 Å². The molecule has 5 nitrogen and oxygen atoms in total. The van der Waals surface area contributed by atoms with Gasteiger partial charge in [-0.05, 0) is 49.2 Å². The molecule has 0 bridgehead atoms. The predicted octanol–water partition coefficient (Wildman–Crippen LogP) is 6.10. The lowest BCUT2D eigenvalue weighted by molar-refractivity contribution is -0.114. The van der Waals surface area contributed by atoms with Crippen molar-refractivity contribution in [2.45, 2.75) is 26.7 Å². The fourth-order valence-electron chi connectivity index (χ4n) is 3.59. The Morgan fingerprint density at radius 2 is 1.61 bits per heavy atom. The van der Waals surface area contributed by atoms with Crippen LogP contribution in [0.2, 0.25) is 0 Å². The molecular weight excluding hydrogens is 412 g/mol. The van der Waals surface area contributed by atoms with E-state index in [1.807, 2.05) is 91.9 Å². The molecule has 0 aromatic heterocycles. The van der Waals surface area contributed by atoms with E-state index in [1.165, 1.54) is 5.01 Å². The normalized spacial score (nSPS) is 14.5. The van der Waals surface area contributed by atoms with E-state index in [0.29, 0.717) is 36.0 Å². The molecule has 0 fully saturated rings. The Bertz CT molecular complexity index is 1150.